The van der Waals surface area contributed by atoms with E-state index in [1.807, 2.05) is 0 Å². The van der Waals surface area contributed by atoms with Gasteiger partial charge in [-0.3, -0.25) is 14.9 Å². The number of esters is 1. The molecule has 0 amide bonds. The van der Waals surface area contributed by atoms with Crippen molar-refractivity contribution in [3.05, 3.63) is 56.0 Å². The van der Waals surface area contributed by atoms with Gasteiger partial charge >= 0.3 is 11.8 Å². The largest absolute Gasteiger partial charge is 0.494 e. The van der Waals surface area contributed by atoms with Crippen molar-refractivity contribution in [2.24, 2.45) is 5.73 Å². The number of nitrogens with two attached hydrogens (primary N) is 1. The molecule has 32 heavy (non-hydrogen) atoms. The Hall–Kier alpha value is -3.54. The number of aryl methyl sites for hydroxylation is 1. The molecular formula is C20H27N5O7. The maximum Gasteiger partial charge on any atom is 0.342 e. The van der Waals surface area contributed by atoms with Crippen LogP contribution >= 0.6 is 0 Å². The molecule has 0 spiro atoms. The molecule has 1 aromatic heterocycles. The summed E-state index contributed by atoms with van der Waals surface area (Å²) in [4.78, 5) is 37.3. The Morgan fingerprint density at radius 3 is 2.56 bits per heavy atom. The van der Waals surface area contributed by atoms with Gasteiger partial charge in [-0.25, -0.2) is 9.55 Å². The number of nitro benzene ring substituents is 1. The van der Waals surface area contributed by atoms with Crippen molar-refractivity contribution >= 4 is 17.5 Å². The highest BCUT2D eigenvalue weighted by atomic mass is 16.6. The molecule has 12 nitrogen and oxygen atoms in total. The van der Waals surface area contributed by atoms with Crippen LogP contribution in [0, 0.1) is 27.2 Å². The number of ether oxygens (including phenoxy) is 2. The smallest absolute Gasteiger partial charge is 0.342 e. The minimum atomic E-state index is -0.688. The summed E-state index contributed by atoms with van der Waals surface area (Å²) in [5, 5.41) is 22.3. The molecule has 0 aliphatic carbocycles. The first kappa shape index (κ1) is 24.7. The van der Waals surface area contributed by atoms with E-state index >= 15 is 0 Å². The summed E-state index contributed by atoms with van der Waals surface area (Å²) in [5.74, 6) is -0.0484. The number of nitrogens with zero attached hydrogens (tertiary/aromatic N) is 4. The van der Waals surface area contributed by atoms with Crippen molar-refractivity contribution < 1.29 is 24.1 Å². The number of nitro groups is 2. The van der Waals surface area contributed by atoms with Crippen molar-refractivity contribution in [1.82, 2.24) is 9.55 Å². The maximum atomic E-state index is 12.2. The summed E-state index contributed by atoms with van der Waals surface area (Å²) in [5.41, 5.74) is 5.42. The highest BCUT2D eigenvalue weighted by molar-refractivity contribution is 5.74. The van der Waals surface area contributed by atoms with Crippen molar-refractivity contribution in [2.75, 3.05) is 19.8 Å². The van der Waals surface area contributed by atoms with E-state index in [1.54, 1.807) is 6.92 Å². The normalized spacial score (nSPS) is 10.7. The average molecular weight is 449 g/mol. The molecule has 0 unspecified atom stereocenters. The van der Waals surface area contributed by atoms with Gasteiger partial charge < -0.3 is 25.3 Å². The van der Waals surface area contributed by atoms with Crippen LogP contribution in [0.1, 0.15) is 37.1 Å². The van der Waals surface area contributed by atoms with E-state index in [0.717, 1.165) is 31.9 Å². The molecule has 0 fully saturated rings. The molecule has 0 aliphatic heterocycles. The van der Waals surface area contributed by atoms with E-state index in [2.05, 4.69) is 4.98 Å². The van der Waals surface area contributed by atoms with Gasteiger partial charge in [0.05, 0.1) is 18.0 Å². The summed E-state index contributed by atoms with van der Waals surface area (Å²) in [6.45, 7) is 2.62. The van der Waals surface area contributed by atoms with E-state index in [4.69, 9.17) is 15.2 Å². The Balaban J connectivity index is 1.93. The van der Waals surface area contributed by atoms with Crippen LogP contribution in [-0.4, -0.2) is 45.1 Å². The molecule has 0 saturated heterocycles. The summed E-state index contributed by atoms with van der Waals surface area (Å²) in [7, 11) is 0. The summed E-state index contributed by atoms with van der Waals surface area (Å²) in [6.07, 6.45) is 4.57. The predicted octanol–water partition coefficient (Wildman–Crippen LogP) is 2.69. The van der Waals surface area contributed by atoms with Gasteiger partial charge in [-0.2, -0.15) is 0 Å². The SMILES string of the molecule is Cc1ncc([N+](=O)[O-])n1CCOC(=O)Cc1cc(OCCCCCCN)ccc1[N+](=O)[O-]. The monoisotopic (exact) mass is 449 g/mol. The molecule has 0 saturated carbocycles. The van der Waals surface area contributed by atoms with Gasteiger partial charge in [-0.05, 0) is 36.4 Å². The van der Waals surface area contributed by atoms with Crippen molar-refractivity contribution in [2.45, 2.75) is 45.6 Å². The van der Waals surface area contributed by atoms with Crippen LogP contribution in [0.2, 0.25) is 0 Å². The number of hydrogen-bond donors (Lipinski definition) is 1. The lowest BCUT2D eigenvalue weighted by Gasteiger charge is -2.09. The van der Waals surface area contributed by atoms with Gasteiger partial charge in [-0.15, -0.1) is 0 Å². The Morgan fingerprint density at radius 2 is 1.88 bits per heavy atom. The zero-order valence-corrected chi connectivity index (χ0v) is 17.9. The second-order valence-corrected chi connectivity index (χ2v) is 7.07. The van der Waals surface area contributed by atoms with Crippen molar-refractivity contribution in [1.29, 1.82) is 0 Å². The molecule has 174 valence electrons. The number of carbonyl (C=O) groups is 1. The van der Waals surface area contributed by atoms with E-state index in [1.165, 1.54) is 22.8 Å². The van der Waals surface area contributed by atoms with E-state index in [0.29, 0.717) is 24.7 Å². The third-order valence-electron chi connectivity index (χ3n) is 4.75. The lowest BCUT2D eigenvalue weighted by molar-refractivity contribution is -0.392. The standard InChI is InChI=1S/C20H27N5O7/c1-15-22-14-19(25(29)30)23(15)9-11-32-20(26)13-16-12-17(6-7-18(16)24(27)28)31-10-5-3-2-4-8-21/h6-7,12,14H,2-5,8-11,13,21H2,1H3. The minimum absolute atomic E-state index is 0.0449. The van der Waals surface area contributed by atoms with Gasteiger partial charge in [0.15, 0.2) is 5.82 Å². The molecule has 0 atom stereocenters. The van der Waals surface area contributed by atoms with Crippen molar-refractivity contribution in [3.63, 3.8) is 0 Å². The number of rotatable bonds is 14. The van der Waals surface area contributed by atoms with Crippen molar-refractivity contribution in [3.8, 4) is 5.75 Å². The molecule has 2 aromatic rings. The van der Waals surface area contributed by atoms with E-state index in [-0.39, 0.29) is 36.6 Å². The van der Waals surface area contributed by atoms with Gasteiger partial charge in [0.25, 0.3) is 5.69 Å². The minimum Gasteiger partial charge on any atom is -0.494 e. The third-order valence-corrected chi connectivity index (χ3v) is 4.75. The number of imidazole rings is 1. The Bertz CT molecular complexity index is 944. The number of aromatic nitrogens is 2. The number of benzene rings is 1. The van der Waals surface area contributed by atoms with Crippen LogP contribution in [0.5, 0.6) is 5.75 Å². The molecule has 1 heterocycles. The first-order valence-electron chi connectivity index (χ1n) is 10.3. The Morgan fingerprint density at radius 1 is 1.12 bits per heavy atom. The van der Waals surface area contributed by atoms with Crippen LogP contribution in [0.4, 0.5) is 11.5 Å². The highest BCUT2D eigenvalue weighted by Crippen LogP contribution is 2.25. The third kappa shape index (κ3) is 7.30. The first-order chi connectivity index (χ1) is 15.3. The fraction of sp³-hybridized carbons (Fsp3) is 0.500. The van der Waals surface area contributed by atoms with Gasteiger partial charge in [0.2, 0.25) is 0 Å². The summed E-state index contributed by atoms with van der Waals surface area (Å²) >= 11 is 0. The predicted molar refractivity (Wildman–Crippen MR) is 114 cm³/mol. The zero-order valence-electron chi connectivity index (χ0n) is 17.9. The Labute approximate surface area is 184 Å². The molecule has 0 radical (unpaired) electrons. The van der Waals surface area contributed by atoms with Crippen LogP contribution < -0.4 is 10.5 Å². The molecular weight excluding hydrogens is 422 g/mol. The van der Waals surface area contributed by atoms with Gasteiger partial charge in [0.1, 0.15) is 25.1 Å². The molecule has 12 heteroatoms. The first-order valence-corrected chi connectivity index (χ1v) is 10.3. The maximum absolute atomic E-state index is 12.2. The lowest BCUT2D eigenvalue weighted by atomic mass is 10.1. The fourth-order valence-corrected chi connectivity index (χ4v) is 3.10. The molecule has 1 aromatic carbocycles. The van der Waals surface area contributed by atoms with Gasteiger partial charge in [-0.1, -0.05) is 12.8 Å². The van der Waals surface area contributed by atoms with Gasteiger partial charge in [0, 0.05) is 18.6 Å². The summed E-state index contributed by atoms with van der Waals surface area (Å²) in [6, 6.07) is 4.25. The van der Waals surface area contributed by atoms with Crippen LogP contribution in [0.25, 0.3) is 0 Å². The van der Waals surface area contributed by atoms with E-state index in [9.17, 15) is 25.0 Å². The fourth-order valence-electron chi connectivity index (χ4n) is 3.10. The quantitative estimate of drug-likeness (QED) is 0.197. The number of unbranched alkanes of at least 4 members (excludes halogenated alkanes) is 3. The van der Waals surface area contributed by atoms with E-state index < -0.39 is 15.8 Å². The van der Waals surface area contributed by atoms with Crippen LogP contribution in [0.3, 0.4) is 0 Å². The summed E-state index contributed by atoms with van der Waals surface area (Å²) < 4.78 is 12.1. The number of hydrogen-bond acceptors (Lipinski definition) is 9. The van der Waals surface area contributed by atoms with Crippen LogP contribution in [0.15, 0.2) is 24.4 Å². The average Bonchev–Trinajstić information content (AvgIpc) is 3.11. The second-order valence-electron chi connectivity index (χ2n) is 7.07. The molecule has 0 aliphatic rings. The lowest BCUT2D eigenvalue weighted by Crippen LogP contribution is -2.15. The molecule has 2 rings (SSSR count). The number of carbonyl (C=O) groups excluding carboxylic acids is 1. The van der Waals surface area contributed by atoms with Crippen LogP contribution in [-0.2, 0) is 22.5 Å². The topological polar surface area (TPSA) is 166 Å². The Kier molecular flexibility index (Phi) is 9.54. The molecule has 0 bridgehead atoms. The molecule has 2 N–H and O–H groups in total. The zero-order chi connectivity index (χ0) is 23.5. The second kappa shape index (κ2) is 12.3. The highest BCUT2D eigenvalue weighted by Gasteiger charge is 2.20.